The summed E-state index contributed by atoms with van der Waals surface area (Å²) in [7, 11) is 1.85. The average molecular weight is 253 g/mol. The van der Waals surface area contributed by atoms with Crippen molar-refractivity contribution >= 4 is 5.91 Å². The molecule has 0 aliphatic carbocycles. The first-order valence-electron chi connectivity index (χ1n) is 6.12. The van der Waals surface area contributed by atoms with Gasteiger partial charge in [-0.3, -0.25) is 4.79 Å². The molecule has 1 aliphatic rings. The summed E-state index contributed by atoms with van der Waals surface area (Å²) in [6.07, 6.45) is 1.95. The van der Waals surface area contributed by atoms with Crippen LogP contribution in [0.25, 0.3) is 0 Å². The topological polar surface area (TPSA) is 81.1 Å². The van der Waals surface area contributed by atoms with Crippen molar-refractivity contribution in [2.75, 3.05) is 19.7 Å². The summed E-state index contributed by atoms with van der Waals surface area (Å²) in [6, 6.07) is -0.151. The minimum Gasteiger partial charge on any atom is -0.375 e. The third kappa shape index (κ3) is 3.27. The number of nitrogens with one attached hydrogen (secondary N) is 2. The lowest BCUT2D eigenvalue weighted by atomic mass is 10.2. The lowest BCUT2D eigenvalue weighted by Crippen LogP contribution is -2.41. The third-order valence-corrected chi connectivity index (χ3v) is 2.93. The highest BCUT2D eigenvalue weighted by atomic mass is 16.5. The number of rotatable bonds is 4. The normalized spacial score (nSPS) is 21.6. The second kappa shape index (κ2) is 5.92. The molecule has 1 fully saturated rings. The number of aromatic nitrogens is 3. The summed E-state index contributed by atoms with van der Waals surface area (Å²) in [4.78, 5) is 11.9. The molecule has 1 aliphatic heterocycles. The fourth-order valence-electron chi connectivity index (χ4n) is 2.01. The number of aryl methyl sites for hydroxylation is 1. The molecule has 0 radical (unpaired) electrons. The Kier molecular flexibility index (Phi) is 4.27. The summed E-state index contributed by atoms with van der Waals surface area (Å²) >= 11 is 0. The van der Waals surface area contributed by atoms with Crippen molar-refractivity contribution in [3.05, 3.63) is 12.2 Å². The maximum absolute atomic E-state index is 11.9. The standard InChI is InChI=1S/C11H19N5O2/c1-8(11-15-13-7-16(11)2)14-10(17)5-9-6-12-3-4-18-9/h7-9,12H,3-6H2,1-2H3,(H,14,17). The number of nitrogens with zero attached hydrogens (tertiary/aromatic N) is 3. The van der Waals surface area contributed by atoms with Gasteiger partial charge in [-0.1, -0.05) is 0 Å². The number of ether oxygens (including phenoxy) is 1. The van der Waals surface area contributed by atoms with Gasteiger partial charge in [0.05, 0.1) is 25.2 Å². The van der Waals surface area contributed by atoms with Crippen LogP contribution in [0.1, 0.15) is 25.2 Å². The second-order valence-electron chi connectivity index (χ2n) is 4.49. The number of carbonyl (C=O) groups excluding carboxylic acids is 1. The molecule has 7 nitrogen and oxygen atoms in total. The highest BCUT2D eigenvalue weighted by Gasteiger charge is 2.20. The molecule has 2 rings (SSSR count). The van der Waals surface area contributed by atoms with E-state index in [0.717, 1.165) is 18.9 Å². The van der Waals surface area contributed by atoms with Crippen LogP contribution < -0.4 is 10.6 Å². The van der Waals surface area contributed by atoms with Crippen LogP contribution in [-0.4, -0.2) is 46.5 Å². The lowest BCUT2D eigenvalue weighted by molar-refractivity contribution is -0.125. The minimum atomic E-state index is -0.151. The predicted octanol–water partition coefficient (Wildman–Crippen LogP) is -0.629. The fraction of sp³-hybridized carbons (Fsp3) is 0.727. The Bertz CT molecular complexity index is 400. The van der Waals surface area contributed by atoms with Crippen molar-refractivity contribution in [1.29, 1.82) is 0 Å². The molecule has 1 saturated heterocycles. The highest BCUT2D eigenvalue weighted by Crippen LogP contribution is 2.08. The number of morpholine rings is 1. The van der Waals surface area contributed by atoms with E-state index in [1.807, 2.05) is 14.0 Å². The summed E-state index contributed by atoms with van der Waals surface area (Å²) in [6.45, 7) is 4.14. The van der Waals surface area contributed by atoms with Crippen LogP contribution in [0.3, 0.4) is 0 Å². The Hall–Kier alpha value is -1.47. The van der Waals surface area contributed by atoms with Crippen molar-refractivity contribution in [2.24, 2.45) is 7.05 Å². The van der Waals surface area contributed by atoms with Crippen LogP contribution in [0, 0.1) is 0 Å². The first-order chi connectivity index (χ1) is 8.66. The van der Waals surface area contributed by atoms with E-state index in [9.17, 15) is 4.79 Å². The summed E-state index contributed by atoms with van der Waals surface area (Å²) in [5.41, 5.74) is 0. The largest absolute Gasteiger partial charge is 0.375 e. The Morgan fingerprint density at radius 2 is 2.61 bits per heavy atom. The van der Waals surface area contributed by atoms with Crippen molar-refractivity contribution in [3.8, 4) is 0 Å². The van der Waals surface area contributed by atoms with Crippen LogP contribution in [0.5, 0.6) is 0 Å². The van der Waals surface area contributed by atoms with Gasteiger partial charge in [0.2, 0.25) is 5.91 Å². The highest BCUT2D eigenvalue weighted by molar-refractivity contribution is 5.76. The first-order valence-corrected chi connectivity index (χ1v) is 6.12. The molecule has 0 aromatic carbocycles. The Morgan fingerprint density at radius 3 is 3.22 bits per heavy atom. The molecule has 2 unspecified atom stereocenters. The summed E-state index contributed by atoms with van der Waals surface area (Å²) in [5.74, 6) is 0.713. The zero-order valence-electron chi connectivity index (χ0n) is 10.7. The minimum absolute atomic E-state index is 0.0285. The first kappa shape index (κ1) is 13.0. The van der Waals surface area contributed by atoms with E-state index in [0.29, 0.717) is 13.0 Å². The Balaban J connectivity index is 1.81. The van der Waals surface area contributed by atoms with Gasteiger partial charge in [-0.2, -0.15) is 0 Å². The molecule has 0 bridgehead atoms. The molecule has 0 spiro atoms. The zero-order valence-corrected chi connectivity index (χ0v) is 10.7. The fourth-order valence-corrected chi connectivity index (χ4v) is 2.01. The van der Waals surface area contributed by atoms with Gasteiger partial charge in [0.1, 0.15) is 6.33 Å². The molecule has 1 aromatic rings. The predicted molar refractivity (Wildman–Crippen MR) is 64.8 cm³/mol. The molecule has 2 atom stereocenters. The molecule has 7 heteroatoms. The van der Waals surface area contributed by atoms with Crippen molar-refractivity contribution in [1.82, 2.24) is 25.4 Å². The summed E-state index contributed by atoms with van der Waals surface area (Å²) in [5, 5.41) is 13.9. The molecule has 1 amide bonds. The third-order valence-electron chi connectivity index (χ3n) is 2.93. The monoisotopic (exact) mass is 253 g/mol. The zero-order chi connectivity index (χ0) is 13.0. The van der Waals surface area contributed by atoms with Gasteiger partial charge >= 0.3 is 0 Å². The van der Waals surface area contributed by atoms with Gasteiger partial charge in [0, 0.05) is 20.1 Å². The SMILES string of the molecule is CC(NC(=O)CC1CNCCO1)c1nncn1C. The van der Waals surface area contributed by atoms with Gasteiger partial charge in [-0.15, -0.1) is 10.2 Å². The number of hydrogen-bond acceptors (Lipinski definition) is 5. The van der Waals surface area contributed by atoms with Gasteiger partial charge in [-0.05, 0) is 6.92 Å². The molecule has 18 heavy (non-hydrogen) atoms. The number of amides is 1. The van der Waals surface area contributed by atoms with Crippen molar-refractivity contribution < 1.29 is 9.53 Å². The number of carbonyl (C=O) groups is 1. The van der Waals surface area contributed by atoms with Crippen LogP contribution in [0.15, 0.2) is 6.33 Å². The van der Waals surface area contributed by atoms with Gasteiger partial charge in [-0.25, -0.2) is 0 Å². The quantitative estimate of drug-likeness (QED) is 0.747. The van der Waals surface area contributed by atoms with E-state index in [-0.39, 0.29) is 18.1 Å². The number of hydrogen-bond donors (Lipinski definition) is 2. The van der Waals surface area contributed by atoms with Crippen LogP contribution in [-0.2, 0) is 16.6 Å². The van der Waals surface area contributed by atoms with Gasteiger partial charge in [0.25, 0.3) is 0 Å². The molecule has 2 heterocycles. The van der Waals surface area contributed by atoms with E-state index in [1.54, 1.807) is 10.9 Å². The van der Waals surface area contributed by atoms with E-state index in [2.05, 4.69) is 20.8 Å². The summed E-state index contributed by atoms with van der Waals surface area (Å²) < 4.78 is 7.28. The van der Waals surface area contributed by atoms with E-state index in [1.165, 1.54) is 0 Å². The van der Waals surface area contributed by atoms with E-state index >= 15 is 0 Å². The molecular weight excluding hydrogens is 234 g/mol. The molecular formula is C11H19N5O2. The maximum Gasteiger partial charge on any atom is 0.223 e. The molecule has 2 N–H and O–H groups in total. The van der Waals surface area contributed by atoms with Crippen molar-refractivity contribution in [3.63, 3.8) is 0 Å². The van der Waals surface area contributed by atoms with Crippen LogP contribution in [0.2, 0.25) is 0 Å². The smallest absolute Gasteiger partial charge is 0.223 e. The Morgan fingerprint density at radius 1 is 1.78 bits per heavy atom. The van der Waals surface area contributed by atoms with E-state index in [4.69, 9.17) is 4.74 Å². The average Bonchev–Trinajstić information content (AvgIpc) is 2.76. The van der Waals surface area contributed by atoms with Crippen molar-refractivity contribution in [2.45, 2.75) is 25.5 Å². The van der Waals surface area contributed by atoms with Crippen LogP contribution in [0.4, 0.5) is 0 Å². The molecule has 1 aromatic heterocycles. The van der Waals surface area contributed by atoms with Gasteiger partial charge < -0.3 is 19.9 Å². The second-order valence-corrected chi connectivity index (χ2v) is 4.49. The maximum atomic E-state index is 11.9. The van der Waals surface area contributed by atoms with E-state index < -0.39 is 0 Å². The lowest BCUT2D eigenvalue weighted by Gasteiger charge is -2.23. The molecule has 100 valence electrons. The van der Waals surface area contributed by atoms with Crippen LogP contribution >= 0.6 is 0 Å². The van der Waals surface area contributed by atoms with Gasteiger partial charge in [0.15, 0.2) is 5.82 Å². The molecule has 0 saturated carbocycles. The Labute approximate surface area is 106 Å².